The summed E-state index contributed by atoms with van der Waals surface area (Å²) in [7, 11) is 0. The molecule has 6 heteroatoms. The number of ether oxygens (including phenoxy) is 3. The Morgan fingerprint density at radius 1 is 0.328 bits per heavy atom. The summed E-state index contributed by atoms with van der Waals surface area (Å²) < 4.78 is 16.7. The van der Waals surface area contributed by atoms with Crippen molar-refractivity contribution in [2.24, 2.45) is 0 Å². The van der Waals surface area contributed by atoms with Gasteiger partial charge >= 0.3 is 17.9 Å². The van der Waals surface area contributed by atoms with Crippen LogP contribution in [0.15, 0.2) is 97.2 Å². The molecule has 0 saturated carbocycles. The van der Waals surface area contributed by atoms with Gasteiger partial charge in [0.25, 0.3) is 0 Å². The number of hydrogen-bond donors (Lipinski definition) is 0. The number of unbranched alkanes of at least 4 members (excludes halogenated alkanes) is 19. The lowest BCUT2D eigenvalue weighted by molar-refractivity contribution is -0.167. The van der Waals surface area contributed by atoms with E-state index in [2.05, 4.69) is 118 Å². The van der Waals surface area contributed by atoms with Gasteiger partial charge in [0.05, 0.1) is 0 Å². The zero-order chi connectivity index (χ0) is 46.5. The first kappa shape index (κ1) is 60.3. The molecule has 0 N–H and O–H groups in total. The number of esters is 3. The predicted molar refractivity (Wildman–Crippen MR) is 274 cm³/mol. The average Bonchev–Trinajstić information content (AvgIpc) is 3.29. The molecule has 0 amide bonds. The van der Waals surface area contributed by atoms with Gasteiger partial charge < -0.3 is 14.2 Å². The molecule has 0 bridgehead atoms. The largest absolute Gasteiger partial charge is 0.462 e. The van der Waals surface area contributed by atoms with Gasteiger partial charge in [-0.2, -0.15) is 0 Å². The Balaban J connectivity index is 4.39. The lowest BCUT2D eigenvalue weighted by atomic mass is 10.1. The molecule has 364 valence electrons. The molecule has 0 fully saturated rings. The van der Waals surface area contributed by atoms with Gasteiger partial charge in [0.15, 0.2) is 6.10 Å². The zero-order valence-electron chi connectivity index (χ0n) is 41.5. The molecule has 1 atom stereocenters. The van der Waals surface area contributed by atoms with Crippen LogP contribution >= 0.6 is 0 Å². The van der Waals surface area contributed by atoms with Crippen LogP contribution in [-0.2, 0) is 28.6 Å². The number of carbonyl (C=O) groups excluding carboxylic acids is 3. The molecule has 0 aromatic rings. The summed E-state index contributed by atoms with van der Waals surface area (Å²) in [5, 5.41) is 0. The maximum atomic E-state index is 12.8. The van der Waals surface area contributed by atoms with E-state index < -0.39 is 6.10 Å². The third-order valence-corrected chi connectivity index (χ3v) is 10.8. The van der Waals surface area contributed by atoms with Gasteiger partial charge in [-0.3, -0.25) is 14.4 Å². The smallest absolute Gasteiger partial charge is 0.306 e. The Morgan fingerprint density at radius 2 is 0.609 bits per heavy atom. The van der Waals surface area contributed by atoms with Crippen LogP contribution in [0.1, 0.15) is 233 Å². The monoisotopic (exact) mass is 889 g/mol. The minimum Gasteiger partial charge on any atom is -0.462 e. The summed E-state index contributed by atoms with van der Waals surface area (Å²) in [5.74, 6) is -0.947. The second-order valence-electron chi connectivity index (χ2n) is 17.1. The molecular formula is C58H96O6. The van der Waals surface area contributed by atoms with E-state index in [9.17, 15) is 14.4 Å². The molecular weight excluding hydrogens is 793 g/mol. The fourth-order valence-electron chi connectivity index (χ4n) is 6.89. The van der Waals surface area contributed by atoms with Crippen molar-refractivity contribution in [3.8, 4) is 0 Å². The van der Waals surface area contributed by atoms with Gasteiger partial charge in [-0.05, 0) is 103 Å². The van der Waals surface area contributed by atoms with Crippen LogP contribution in [0, 0.1) is 0 Å². The van der Waals surface area contributed by atoms with Crippen LogP contribution in [0.4, 0.5) is 0 Å². The number of hydrogen-bond acceptors (Lipinski definition) is 6. The van der Waals surface area contributed by atoms with Crippen molar-refractivity contribution in [3.05, 3.63) is 97.2 Å². The Morgan fingerprint density at radius 3 is 1.00 bits per heavy atom. The highest BCUT2D eigenvalue weighted by molar-refractivity contribution is 5.71. The first-order valence-corrected chi connectivity index (χ1v) is 26.2. The van der Waals surface area contributed by atoms with Crippen molar-refractivity contribution in [1.82, 2.24) is 0 Å². The van der Waals surface area contributed by atoms with E-state index in [1.54, 1.807) is 0 Å². The molecule has 0 saturated heterocycles. The van der Waals surface area contributed by atoms with Crippen LogP contribution in [0.3, 0.4) is 0 Å². The molecule has 64 heavy (non-hydrogen) atoms. The van der Waals surface area contributed by atoms with Crippen molar-refractivity contribution in [2.45, 2.75) is 239 Å². The minimum absolute atomic E-state index is 0.0939. The molecule has 0 radical (unpaired) electrons. The Labute approximate surface area is 394 Å². The molecule has 0 spiro atoms. The maximum Gasteiger partial charge on any atom is 0.306 e. The highest BCUT2D eigenvalue weighted by Gasteiger charge is 2.19. The molecule has 0 heterocycles. The van der Waals surface area contributed by atoms with E-state index >= 15 is 0 Å². The van der Waals surface area contributed by atoms with Crippen molar-refractivity contribution in [1.29, 1.82) is 0 Å². The molecule has 0 rings (SSSR count). The SMILES string of the molecule is CC/C=C\C/C=C\C/C=C\C/C=C\C/C=C\CCCCCC(=O)OCC(COC(=O)CCCCCCCCCC)OC(=O)CCCCCCCC/C=C\C/C=C\C/C=C\CCCCC. The summed E-state index contributed by atoms with van der Waals surface area (Å²) in [4.78, 5) is 37.9. The highest BCUT2D eigenvalue weighted by atomic mass is 16.6. The topological polar surface area (TPSA) is 78.9 Å². The van der Waals surface area contributed by atoms with E-state index in [0.717, 1.165) is 122 Å². The number of carbonyl (C=O) groups is 3. The second-order valence-corrected chi connectivity index (χ2v) is 17.1. The van der Waals surface area contributed by atoms with Crippen molar-refractivity contribution >= 4 is 17.9 Å². The normalized spacial score (nSPS) is 12.9. The molecule has 0 aliphatic rings. The van der Waals surface area contributed by atoms with E-state index in [1.807, 2.05) is 0 Å². The number of rotatable bonds is 46. The Hall–Kier alpha value is -3.67. The van der Waals surface area contributed by atoms with Crippen molar-refractivity contribution < 1.29 is 28.6 Å². The summed E-state index contributed by atoms with van der Waals surface area (Å²) in [6.07, 6.45) is 68.2. The molecule has 0 aromatic heterocycles. The maximum absolute atomic E-state index is 12.8. The van der Waals surface area contributed by atoms with E-state index in [1.165, 1.54) is 70.6 Å². The van der Waals surface area contributed by atoms with E-state index in [0.29, 0.717) is 19.3 Å². The third-order valence-electron chi connectivity index (χ3n) is 10.8. The van der Waals surface area contributed by atoms with Gasteiger partial charge in [-0.15, -0.1) is 0 Å². The molecule has 1 unspecified atom stereocenters. The second kappa shape index (κ2) is 52.0. The van der Waals surface area contributed by atoms with Gasteiger partial charge in [0.1, 0.15) is 13.2 Å². The summed E-state index contributed by atoms with van der Waals surface area (Å²) in [6, 6.07) is 0. The van der Waals surface area contributed by atoms with E-state index in [-0.39, 0.29) is 31.1 Å². The Bertz CT molecular complexity index is 1300. The van der Waals surface area contributed by atoms with Gasteiger partial charge in [-0.25, -0.2) is 0 Å². The third kappa shape index (κ3) is 49.3. The van der Waals surface area contributed by atoms with E-state index in [4.69, 9.17) is 14.2 Å². The van der Waals surface area contributed by atoms with Gasteiger partial charge in [0.2, 0.25) is 0 Å². The minimum atomic E-state index is -0.796. The molecule has 0 aliphatic carbocycles. The quantitative estimate of drug-likeness (QED) is 0.0262. The fraction of sp³-hybridized carbons (Fsp3) is 0.672. The van der Waals surface area contributed by atoms with Gasteiger partial charge in [0, 0.05) is 19.3 Å². The predicted octanol–water partition coefficient (Wildman–Crippen LogP) is 17.4. The van der Waals surface area contributed by atoms with Crippen molar-refractivity contribution in [3.63, 3.8) is 0 Å². The summed E-state index contributed by atoms with van der Waals surface area (Å²) in [5.41, 5.74) is 0. The molecule has 6 nitrogen and oxygen atoms in total. The van der Waals surface area contributed by atoms with Crippen LogP contribution in [-0.4, -0.2) is 37.2 Å². The Kier molecular flexibility index (Phi) is 49.0. The summed E-state index contributed by atoms with van der Waals surface area (Å²) in [6.45, 7) is 6.42. The van der Waals surface area contributed by atoms with Crippen molar-refractivity contribution in [2.75, 3.05) is 13.2 Å². The van der Waals surface area contributed by atoms with Crippen LogP contribution in [0.2, 0.25) is 0 Å². The fourth-order valence-corrected chi connectivity index (χ4v) is 6.89. The lowest BCUT2D eigenvalue weighted by Crippen LogP contribution is -2.30. The first-order valence-electron chi connectivity index (χ1n) is 26.2. The van der Waals surface area contributed by atoms with Gasteiger partial charge in [-0.1, -0.05) is 208 Å². The average molecular weight is 889 g/mol. The molecule has 0 aliphatic heterocycles. The van der Waals surface area contributed by atoms with Crippen LogP contribution in [0.5, 0.6) is 0 Å². The summed E-state index contributed by atoms with van der Waals surface area (Å²) >= 11 is 0. The standard InChI is InChI=1S/C58H96O6/c1-4-7-10-13-16-19-21-23-25-27-29-31-33-35-37-39-42-45-48-51-57(60)63-54-55(53-62-56(59)50-47-44-41-18-15-12-9-6-3)64-58(61)52-49-46-43-40-38-36-34-32-30-28-26-24-22-20-17-14-11-8-5-2/h7,10,16-17,19-20,23-26,29-32,35,37,55H,4-6,8-9,11-15,18,21-22,27-28,33-34,36,38-54H2,1-3H3/b10-7-,19-16-,20-17-,25-23-,26-24-,31-29-,32-30-,37-35-. The van der Waals surface area contributed by atoms with Crippen LogP contribution < -0.4 is 0 Å². The molecule has 0 aromatic carbocycles. The lowest BCUT2D eigenvalue weighted by Gasteiger charge is -2.18. The van der Waals surface area contributed by atoms with Crippen LogP contribution in [0.25, 0.3) is 0 Å². The highest BCUT2D eigenvalue weighted by Crippen LogP contribution is 2.13. The zero-order valence-corrected chi connectivity index (χ0v) is 41.5. The number of allylic oxidation sites excluding steroid dienone is 16. The first-order chi connectivity index (χ1) is 31.5.